The number of hydrogen-bond donors (Lipinski definition) is 1. The zero-order valence-electron chi connectivity index (χ0n) is 8.64. The summed E-state index contributed by atoms with van der Waals surface area (Å²) in [6.45, 7) is 0.753. The van der Waals surface area contributed by atoms with Crippen molar-refractivity contribution in [2.75, 3.05) is 30.6 Å². The fraction of sp³-hybridized carbons (Fsp3) is 0.333. The van der Waals surface area contributed by atoms with E-state index >= 15 is 0 Å². The smallest absolute Gasteiger partial charge is 0.238 e. The van der Waals surface area contributed by atoms with E-state index in [9.17, 15) is 8.42 Å². The van der Waals surface area contributed by atoms with Gasteiger partial charge in [0.25, 0.3) is 0 Å². The third-order valence-electron chi connectivity index (χ3n) is 2.52. The van der Waals surface area contributed by atoms with Gasteiger partial charge in [0, 0.05) is 14.1 Å². The van der Waals surface area contributed by atoms with Crippen molar-refractivity contribution in [3.8, 4) is 0 Å². The molecule has 0 spiro atoms. The summed E-state index contributed by atoms with van der Waals surface area (Å²) >= 11 is 0. The Kier molecular flexibility index (Phi) is 2.13. The maximum atomic E-state index is 11.2. The minimum Gasteiger partial charge on any atom is -0.355 e. The van der Waals surface area contributed by atoms with Gasteiger partial charge in [-0.15, -0.1) is 0 Å². The van der Waals surface area contributed by atoms with E-state index in [4.69, 9.17) is 5.14 Å². The Morgan fingerprint density at radius 1 is 1.20 bits per heavy atom. The van der Waals surface area contributed by atoms with Gasteiger partial charge in [0.05, 0.1) is 22.9 Å². The summed E-state index contributed by atoms with van der Waals surface area (Å²) in [6, 6.07) is 4.91. The molecule has 2 rings (SSSR count). The van der Waals surface area contributed by atoms with Crippen molar-refractivity contribution in [1.29, 1.82) is 0 Å². The minimum atomic E-state index is -3.61. The number of primary sulfonamides is 1. The standard InChI is InChI=1S/C9H13N3O2S/c1-11-6-12(2)9-5-7(15(10,13)14)3-4-8(9)11/h3-5H,6H2,1-2H3,(H2,10,13,14). The molecular formula is C9H13N3O2S. The summed E-state index contributed by atoms with van der Waals surface area (Å²) < 4.78 is 22.3. The van der Waals surface area contributed by atoms with Crippen LogP contribution in [-0.4, -0.2) is 29.2 Å². The molecule has 0 saturated heterocycles. The van der Waals surface area contributed by atoms with Gasteiger partial charge in [-0.2, -0.15) is 0 Å². The third-order valence-corrected chi connectivity index (χ3v) is 3.43. The van der Waals surface area contributed by atoms with Crippen molar-refractivity contribution >= 4 is 21.4 Å². The van der Waals surface area contributed by atoms with Gasteiger partial charge in [-0.3, -0.25) is 0 Å². The number of sulfonamides is 1. The second kappa shape index (κ2) is 3.11. The summed E-state index contributed by atoms with van der Waals surface area (Å²) in [7, 11) is 0.259. The first kappa shape index (κ1) is 10.3. The molecule has 6 heteroatoms. The summed E-state index contributed by atoms with van der Waals surface area (Å²) in [5.74, 6) is 0. The zero-order valence-corrected chi connectivity index (χ0v) is 9.45. The van der Waals surface area contributed by atoms with Crippen LogP contribution in [0.5, 0.6) is 0 Å². The largest absolute Gasteiger partial charge is 0.355 e. The molecule has 0 saturated carbocycles. The van der Waals surface area contributed by atoms with E-state index in [1.807, 2.05) is 23.9 Å². The van der Waals surface area contributed by atoms with Crippen LogP contribution in [0.25, 0.3) is 0 Å². The van der Waals surface area contributed by atoms with Crippen molar-refractivity contribution in [1.82, 2.24) is 0 Å². The molecule has 0 unspecified atom stereocenters. The Bertz CT molecular complexity index is 498. The van der Waals surface area contributed by atoms with E-state index in [2.05, 4.69) is 0 Å². The molecule has 5 nitrogen and oxygen atoms in total. The predicted molar refractivity (Wildman–Crippen MR) is 59.5 cm³/mol. The number of fused-ring (bicyclic) bond motifs is 1. The Morgan fingerprint density at radius 2 is 1.80 bits per heavy atom. The number of nitrogens with two attached hydrogens (primary N) is 1. The van der Waals surface area contributed by atoms with Gasteiger partial charge in [-0.05, 0) is 18.2 Å². The van der Waals surface area contributed by atoms with Crippen LogP contribution in [0.3, 0.4) is 0 Å². The maximum Gasteiger partial charge on any atom is 0.238 e. The van der Waals surface area contributed by atoms with Crippen molar-refractivity contribution in [3.05, 3.63) is 18.2 Å². The van der Waals surface area contributed by atoms with E-state index in [-0.39, 0.29) is 4.90 Å². The highest BCUT2D eigenvalue weighted by Crippen LogP contribution is 2.35. The first-order valence-corrected chi connectivity index (χ1v) is 6.03. The van der Waals surface area contributed by atoms with E-state index < -0.39 is 10.0 Å². The van der Waals surface area contributed by atoms with Crippen molar-refractivity contribution in [2.45, 2.75) is 4.90 Å². The van der Waals surface area contributed by atoms with Gasteiger partial charge in [0.2, 0.25) is 10.0 Å². The zero-order chi connectivity index (χ0) is 11.2. The molecule has 0 aliphatic carbocycles. The lowest BCUT2D eigenvalue weighted by molar-refractivity contribution is 0.598. The third kappa shape index (κ3) is 1.66. The molecule has 1 aromatic carbocycles. The number of anilines is 2. The molecule has 1 aliphatic rings. The first-order chi connectivity index (χ1) is 6.89. The fourth-order valence-corrected chi connectivity index (χ4v) is 2.31. The van der Waals surface area contributed by atoms with Crippen molar-refractivity contribution in [3.63, 3.8) is 0 Å². The average Bonchev–Trinajstić information content (AvgIpc) is 2.41. The molecule has 2 N–H and O–H groups in total. The van der Waals surface area contributed by atoms with E-state index in [1.165, 1.54) is 6.07 Å². The monoisotopic (exact) mass is 227 g/mol. The molecule has 15 heavy (non-hydrogen) atoms. The van der Waals surface area contributed by atoms with Crippen LogP contribution in [-0.2, 0) is 10.0 Å². The Hall–Kier alpha value is -1.27. The van der Waals surface area contributed by atoms with Gasteiger partial charge >= 0.3 is 0 Å². The SMILES string of the molecule is CN1CN(C)c2cc(S(N)(=O)=O)ccc21. The van der Waals surface area contributed by atoms with Crippen LogP contribution in [0, 0.1) is 0 Å². The van der Waals surface area contributed by atoms with Gasteiger partial charge in [0.15, 0.2) is 0 Å². The molecule has 1 heterocycles. The fourth-order valence-electron chi connectivity index (χ4n) is 1.78. The highest BCUT2D eigenvalue weighted by atomic mass is 32.2. The van der Waals surface area contributed by atoms with Gasteiger partial charge < -0.3 is 9.80 Å². The number of rotatable bonds is 1. The van der Waals surface area contributed by atoms with E-state index in [1.54, 1.807) is 12.1 Å². The molecule has 1 aromatic rings. The number of benzene rings is 1. The van der Waals surface area contributed by atoms with Crippen LogP contribution >= 0.6 is 0 Å². The predicted octanol–water partition coefficient (Wildman–Crippen LogP) is 0.178. The lowest BCUT2D eigenvalue weighted by Crippen LogP contribution is -2.23. The van der Waals surface area contributed by atoms with Gasteiger partial charge in [-0.25, -0.2) is 13.6 Å². The topological polar surface area (TPSA) is 66.6 Å². The Labute approximate surface area is 89.1 Å². The average molecular weight is 227 g/mol. The second-order valence-corrected chi connectivity index (χ2v) is 5.29. The highest BCUT2D eigenvalue weighted by Gasteiger charge is 2.22. The van der Waals surface area contributed by atoms with Crippen LogP contribution in [0.2, 0.25) is 0 Å². The normalized spacial score (nSPS) is 15.7. The second-order valence-electron chi connectivity index (χ2n) is 3.73. The van der Waals surface area contributed by atoms with Crippen LogP contribution < -0.4 is 14.9 Å². The van der Waals surface area contributed by atoms with E-state index in [0.29, 0.717) is 0 Å². The summed E-state index contributed by atoms with van der Waals surface area (Å²) in [5, 5.41) is 5.07. The molecule has 1 aliphatic heterocycles. The minimum absolute atomic E-state index is 0.156. The van der Waals surface area contributed by atoms with E-state index in [0.717, 1.165) is 18.0 Å². The summed E-state index contributed by atoms with van der Waals surface area (Å²) in [4.78, 5) is 4.18. The van der Waals surface area contributed by atoms with Crippen LogP contribution in [0.4, 0.5) is 11.4 Å². The molecule has 0 atom stereocenters. The molecule has 0 aromatic heterocycles. The van der Waals surface area contributed by atoms with Gasteiger partial charge in [-0.1, -0.05) is 0 Å². The molecular weight excluding hydrogens is 214 g/mol. The lowest BCUT2D eigenvalue weighted by atomic mass is 10.2. The highest BCUT2D eigenvalue weighted by molar-refractivity contribution is 7.89. The molecule has 0 radical (unpaired) electrons. The summed E-state index contributed by atoms with van der Waals surface area (Å²) in [5.41, 5.74) is 1.91. The van der Waals surface area contributed by atoms with Gasteiger partial charge in [0.1, 0.15) is 0 Å². The number of nitrogens with zero attached hydrogens (tertiary/aromatic N) is 2. The molecule has 0 amide bonds. The van der Waals surface area contributed by atoms with Crippen LogP contribution in [0.1, 0.15) is 0 Å². The maximum absolute atomic E-state index is 11.2. The first-order valence-electron chi connectivity index (χ1n) is 4.49. The quantitative estimate of drug-likeness (QED) is 0.743. The van der Waals surface area contributed by atoms with Crippen LogP contribution in [0.15, 0.2) is 23.1 Å². The Morgan fingerprint density at radius 3 is 2.40 bits per heavy atom. The summed E-state index contributed by atoms with van der Waals surface area (Å²) in [6.07, 6.45) is 0. The molecule has 82 valence electrons. The lowest BCUT2D eigenvalue weighted by Gasteiger charge is -2.11. The molecule has 0 fully saturated rings. The Balaban J connectivity index is 2.57. The molecule has 0 bridgehead atoms. The van der Waals surface area contributed by atoms with Crippen molar-refractivity contribution in [2.24, 2.45) is 5.14 Å². The van der Waals surface area contributed by atoms with Crippen molar-refractivity contribution < 1.29 is 8.42 Å². The number of hydrogen-bond acceptors (Lipinski definition) is 4.